The molecule has 3 rings (SSSR count). The molecule has 7 nitrogen and oxygen atoms in total. The lowest BCUT2D eigenvalue weighted by Gasteiger charge is -2.14. The number of rotatable bonds is 5. The lowest BCUT2D eigenvalue weighted by atomic mass is 10.1. The number of hydrogen-bond donors (Lipinski definition) is 2. The van der Waals surface area contributed by atoms with Gasteiger partial charge in [-0.05, 0) is 18.2 Å². The summed E-state index contributed by atoms with van der Waals surface area (Å²) < 4.78 is 6.56. The maximum Gasteiger partial charge on any atom is 0.252 e. The number of fused-ring (bicyclic) bond motifs is 1. The molecular weight excluding hydrogens is 346 g/mol. The third-order valence-electron chi connectivity index (χ3n) is 4.17. The number of benzene rings is 2. The number of nitrogens with zero attached hydrogens (tertiary/aromatic N) is 1. The molecule has 138 valence electrons. The number of hydrogen-bond acceptors (Lipinski definition) is 4. The second-order valence-electron chi connectivity index (χ2n) is 5.83. The van der Waals surface area contributed by atoms with Crippen molar-refractivity contribution < 1.29 is 14.3 Å². The molecule has 0 aliphatic carbocycles. The van der Waals surface area contributed by atoms with Crippen LogP contribution in [0.1, 0.15) is 10.4 Å². The SMILES string of the molecule is CNC(=O)c1cc(=O)n(CC(=O)Nc2ccccc2OC)c2ccccc12. The summed E-state index contributed by atoms with van der Waals surface area (Å²) in [5.41, 5.74) is 0.880. The first-order valence-electron chi connectivity index (χ1n) is 8.32. The van der Waals surface area contributed by atoms with E-state index in [9.17, 15) is 14.4 Å². The van der Waals surface area contributed by atoms with Crippen molar-refractivity contribution in [3.8, 4) is 5.75 Å². The molecule has 0 aliphatic heterocycles. The minimum atomic E-state index is -0.428. The maximum atomic E-state index is 12.6. The van der Waals surface area contributed by atoms with Crippen LogP contribution in [0.15, 0.2) is 59.4 Å². The van der Waals surface area contributed by atoms with Gasteiger partial charge in [-0.3, -0.25) is 19.0 Å². The topological polar surface area (TPSA) is 89.4 Å². The van der Waals surface area contributed by atoms with Gasteiger partial charge in [0.15, 0.2) is 0 Å². The number of carbonyl (C=O) groups excluding carboxylic acids is 2. The van der Waals surface area contributed by atoms with E-state index in [-0.39, 0.29) is 23.9 Å². The van der Waals surface area contributed by atoms with Crippen LogP contribution in [0, 0.1) is 0 Å². The molecule has 0 bridgehead atoms. The van der Waals surface area contributed by atoms with Crippen molar-refractivity contribution in [1.82, 2.24) is 9.88 Å². The Kier molecular flexibility index (Phi) is 5.21. The van der Waals surface area contributed by atoms with Crippen LogP contribution in [0.25, 0.3) is 10.9 Å². The van der Waals surface area contributed by atoms with Gasteiger partial charge in [0.05, 0.1) is 23.9 Å². The molecule has 0 atom stereocenters. The summed E-state index contributed by atoms with van der Waals surface area (Å²) in [5.74, 6) is -0.202. The van der Waals surface area contributed by atoms with E-state index in [0.29, 0.717) is 22.3 Å². The van der Waals surface area contributed by atoms with Crippen LogP contribution in [0.5, 0.6) is 5.75 Å². The van der Waals surface area contributed by atoms with Gasteiger partial charge in [0.1, 0.15) is 12.3 Å². The van der Waals surface area contributed by atoms with Crippen LogP contribution < -0.4 is 20.9 Å². The summed E-state index contributed by atoms with van der Waals surface area (Å²) in [7, 11) is 3.02. The molecular formula is C20H19N3O4. The average molecular weight is 365 g/mol. The molecule has 0 saturated heterocycles. The third kappa shape index (κ3) is 3.67. The highest BCUT2D eigenvalue weighted by Crippen LogP contribution is 2.23. The summed E-state index contributed by atoms with van der Waals surface area (Å²) in [6.07, 6.45) is 0. The second-order valence-corrected chi connectivity index (χ2v) is 5.83. The second kappa shape index (κ2) is 7.74. The number of anilines is 1. The van der Waals surface area contributed by atoms with Crippen LogP contribution >= 0.6 is 0 Å². The van der Waals surface area contributed by atoms with Gasteiger partial charge in [-0.25, -0.2) is 0 Å². The number of amides is 2. The number of ether oxygens (including phenoxy) is 1. The Morgan fingerprint density at radius 3 is 2.52 bits per heavy atom. The molecule has 2 N–H and O–H groups in total. The van der Waals surface area contributed by atoms with Crippen molar-refractivity contribution in [3.05, 3.63) is 70.5 Å². The van der Waals surface area contributed by atoms with Gasteiger partial charge in [0.25, 0.3) is 11.5 Å². The fourth-order valence-corrected chi connectivity index (χ4v) is 2.90. The molecule has 0 spiro atoms. The van der Waals surface area contributed by atoms with Crippen LogP contribution in [0.2, 0.25) is 0 Å². The molecule has 1 aromatic heterocycles. The first kappa shape index (κ1) is 18.2. The lowest BCUT2D eigenvalue weighted by molar-refractivity contribution is -0.116. The monoisotopic (exact) mass is 365 g/mol. The lowest BCUT2D eigenvalue weighted by Crippen LogP contribution is -2.30. The van der Waals surface area contributed by atoms with Gasteiger partial charge >= 0.3 is 0 Å². The molecule has 0 unspecified atom stereocenters. The van der Waals surface area contributed by atoms with E-state index in [4.69, 9.17) is 4.74 Å². The molecule has 27 heavy (non-hydrogen) atoms. The Labute approximate surface area is 155 Å². The van der Waals surface area contributed by atoms with Crippen LogP contribution in [-0.2, 0) is 11.3 Å². The smallest absolute Gasteiger partial charge is 0.252 e. The molecule has 1 heterocycles. The number of nitrogens with one attached hydrogen (secondary N) is 2. The van der Waals surface area contributed by atoms with E-state index >= 15 is 0 Å². The van der Waals surface area contributed by atoms with Crippen molar-refractivity contribution >= 4 is 28.4 Å². The number of methoxy groups -OCH3 is 1. The quantitative estimate of drug-likeness (QED) is 0.724. The highest BCUT2D eigenvalue weighted by Gasteiger charge is 2.16. The van der Waals surface area contributed by atoms with E-state index in [1.165, 1.54) is 24.8 Å². The highest BCUT2D eigenvalue weighted by molar-refractivity contribution is 6.06. The summed E-state index contributed by atoms with van der Waals surface area (Å²) in [5, 5.41) is 5.87. The van der Waals surface area contributed by atoms with E-state index in [1.54, 1.807) is 48.5 Å². The standard InChI is InChI=1S/C20H19N3O4/c1-21-20(26)14-11-19(25)23(16-9-5-3-7-13(14)16)12-18(24)22-15-8-4-6-10-17(15)27-2/h3-11H,12H2,1-2H3,(H,21,26)(H,22,24). The number of para-hydroxylation sites is 3. The van der Waals surface area contributed by atoms with Gasteiger partial charge in [0.2, 0.25) is 5.91 Å². The summed E-state index contributed by atoms with van der Waals surface area (Å²) in [6.45, 7) is -0.189. The Hall–Kier alpha value is -3.61. The Bertz CT molecular complexity index is 1070. The van der Waals surface area contributed by atoms with Crippen molar-refractivity contribution in [3.63, 3.8) is 0 Å². The third-order valence-corrected chi connectivity index (χ3v) is 4.17. The van der Waals surface area contributed by atoms with Crippen molar-refractivity contribution in [2.45, 2.75) is 6.54 Å². The van der Waals surface area contributed by atoms with Crippen LogP contribution in [0.3, 0.4) is 0 Å². The summed E-state index contributed by atoms with van der Waals surface area (Å²) in [4.78, 5) is 37.2. The van der Waals surface area contributed by atoms with E-state index in [2.05, 4.69) is 10.6 Å². The minimum absolute atomic E-state index is 0.189. The Balaban J connectivity index is 1.98. The molecule has 2 aromatic carbocycles. The van der Waals surface area contributed by atoms with Gasteiger partial charge < -0.3 is 15.4 Å². The normalized spacial score (nSPS) is 10.4. The largest absolute Gasteiger partial charge is 0.495 e. The van der Waals surface area contributed by atoms with Crippen molar-refractivity contribution in [2.75, 3.05) is 19.5 Å². The van der Waals surface area contributed by atoms with Crippen LogP contribution in [-0.4, -0.2) is 30.5 Å². The van der Waals surface area contributed by atoms with Crippen molar-refractivity contribution in [1.29, 1.82) is 0 Å². The highest BCUT2D eigenvalue weighted by atomic mass is 16.5. The van der Waals surface area contributed by atoms with E-state index < -0.39 is 5.56 Å². The zero-order chi connectivity index (χ0) is 19.4. The van der Waals surface area contributed by atoms with Gasteiger partial charge in [-0.1, -0.05) is 30.3 Å². The molecule has 0 fully saturated rings. The minimum Gasteiger partial charge on any atom is -0.495 e. The van der Waals surface area contributed by atoms with E-state index in [0.717, 1.165) is 0 Å². The van der Waals surface area contributed by atoms with Gasteiger partial charge in [-0.2, -0.15) is 0 Å². The fourth-order valence-electron chi connectivity index (χ4n) is 2.90. The first-order valence-corrected chi connectivity index (χ1v) is 8.32. The predicted octanol–water partition coefficient (Wildman–Crippen LogP) is 2.01. The average Bonchev–Trinajstić information content (AvgIpc) is 2.69. The number of carbonyl (C=O) groups is 2. The Morgan fingerprint density at radius 1 is 1.07 bits per heavy atom. The van der Waals surface area contributed by atoms with Crippen molar-refractivity contribution in [2.24, 2.45) is 0 Å². The summed E-state index contributed by atoms with van der Waals surface area (Å²) >= 11 is 0. The molecule has 0 saturated carbocycles. The van der Waals surface area contributed by atoms with E-state index in [1.807, 2.05) is 0 Å². The number of aromatic nitrogens is 1. The number of pyridine rings is 1. The van der Waals surface area contributed by atoms with Gasteiger partial charge in [-0.15, -0.1) is 0 Å². The molecule has 0 aliphatic rings. The maximum absolute atomic E-state index is 12.6. The Morgan fingerprint density at radius 2 is 1.78 bits per heavy atom. The molecule has 3 aromatic rings. The predicted molar refractivity (Wildman–Crippen MR) is 103 cm³/mol. The molecule has 7 heteroatoms. The summed E-state index contributed by atoms with van der Waals surface area (Å²) in [6, 6.07) is 15.2. The van der Waals surface area contributed by atoms with Crippen LogP contribution in [0.4, 0.5) is 5.69 Å². The molecule has 2 amide bonds. The zero-order valence-electron chi connectivity index (χ0n) is 15.0. The fraction of sp³-hybridized carbons (Fsp3) is 0.150. The first-order chi connectivity index (χ1) is 13.0. The molecule has 0 radical (unpaired) electrons. The zero-order valence-corrected chi connectivity index (χ0v) is 15.0. The van der Waals surface area contributed by atoms with Gasteiger partial charge in [0, 0.05) is 18.5 Å².